The number of nitrogens with zero attached hydrogens (tertiary/aromatic N) is 1. The van der Waals surface area contributed by atoms with Crippen molar-refractivity contribution in [3.63, 3.8) is 0 Å². The highest BCUT2D eigenvalue weighted by molar-refractivity contribution is 9.10. The first kappa shape index (κ1) is 14.6. The van der Waals surface area contributed by atoms with Crippen molar-refractivity contribution in [2.45, 2.75) is 26.4 Å². The minimum atomic E-state index is 0.0421. The van der Waals surface area contributed by atoms with Crippen molar-refractivity contribution in [1.82, 2.24) is 0 Å². The molecule has 1 heterocycles. The summed E-state index contributed by atoms with van der Waals surface area (Å²) in [7, 11) is 0. The molecule has 0 aliphatic rings. The minimum absolute atomic E-state index is 0.0421. The molecule has 0 saturated carbocycles. The highest BCUT2D eigenvalue weighted by atomic mass is 79.9. The summed E-state index contributed by atoms with van der Waals surface area (Å²) < 4.78 is 1.09. The summed E-state index contributed by atoms with van der Waals surface area (Å²) >= 11 is 5.35. The number of benzene rings is 1. The van der Waals surface area contributed by atoms with E-state index in [-0.39, 0.29) is 6.04 Å². The van der Waals surface area contributed by atoms with Crippen LogP contribution in [-0.2, 0) is 6.54 Å². The first-order valence-corrected chi connectivity index (χ1v) is 8.11. The zero-order valence-corrected chi connectivity index (χ0v) is 13.7. The van der Waals surface area contributed by atoms with Crippen LogP contribution in [0.5, 0.6) is 0 Å². The molecule has 0 saturated heterocycles. The fourth-order valence-electron chi connectivity index (χ4n) is 2.13. The van der Waals surface area contributed by atoms with E-state index in [4.69, 9.17) is 5.73 Å². The second-order valence-electron chi connectivity index (χ2n) is 4.59. The molecule has 1 atom stereocenters. The van der Waals surface area contributed by atoms with Gasteiger partial charge >= 0.3 is 0 Å². The van der Waals surface area contributed by atoms with Gasteiger partial charge in [-0.15, -0.1) is 11.3 Å². The predicted octanol–water partition coefficient (Wildman–Crippen LogP) is 4.56. The number of anilines is 1. The molecule has 1 unspecified atom stereocenters. The summed E-state index contributed by atoms with van der Waals surface area (Å²) in [4.78, 5) is 3.74. The van der Waals surface area contributed by atoms with Crippen molar-refractivity contribution in [3.05, 3.63) is 50.6 Å². The summed E-state index contributed by atoms with van der Waals surface area (Å²) in [5.74, 6) is 0. The summed E-state index contributed by atoms with van der Waals surface area (Å²) in [5.41, 5.74) is 8.51. The van der Waals surface area contributed by atoms with Crippen LogP contribution in [0.1, 0.15) is 30.3 Å². The average Bonchev–Trinajstić information content (AvgIpc) is 2.88. The summed E-state index contributed by atoms with van der Waals surface area (Å²) in [5, 5.41) is 2.12. The van der Waals surface area contributed by atoms with Gasteiger partial charge in [-0.05, 0) is 43.0 Å². The molecular weight excluding hydrogens is 320 g/mol. The van der Waals surface area contributed by atoms with Crippen molar-refractivity contribution in [2.75, 3.05) is 11.4 Å². The van der Waals surface area contributed by atoms with Crippen LogP contribution >= 0.6 is 27.3 Å². The van der Waals surface area contributed by atoms with Gasteiger partial charge in [0.1, 0.15) is 0 Å². The normalized spacial score (nSPS) is 12.4. The standard InChI is InChI=1S/C15H19BrN2S/c1-3-18(10-13-5-4-8-19-13)15-9-12(16)6-7-14(15)11(2)17/h4-9,11H,3,10,17H2,1-2H3. The molecule has 4 heteroatoms. The fraction of sp³-hybridized carbons (Fsp3) is 0.333. The molecule has 0 aliphatic heterocycles. The van der Waals surface area contributed by atoms with Gasteiger partial charge in [0.25, 0.3) is 0 Å². The van der Waals surface area contributed by atoms with Crippen LogP contribution in [0.4, 0.5) is 5.69 Å². The lowest BCUT2D eigenvalue weighted by Crippen LogP contribution is -2.24. The Labute approximate surface area is 127 Å². The molecule has 19 heavy (non-hydrogen) atoms. The molecule has 102 valence electrons. The molecule has 0 fully saturated rings. The van der Waals surface area contributed by atoms with Crippen molar-refractivity contribution >= 4 is 33.0 Å². The molecule has 0 radical (unpaired) electrons. The molecule has 2 aromatic rings. The third kappa shape index (κ3) is 3.59. The molecule has 2 N–H and O–H groups in total. The largest absolute Gasteiger partial charge is 0.366 e. The van der Waals surface area contributed by atoms with Crippen molar-refractivity contribution in [3.8, 4) is 0 Å². The van der Waals surface area contributed by atoms with Gasteiger partial charge in [0.05, 0.1) is 6.54 Å². The number of hydrogen-bond acceptors (Lipinski definition) is 3. The third-order valence-corrected chi connectivity index (χ3v) is 4.49. The molecule has 0 aliphatic carbocycles. The van der Waals surface area contributed by atoms with Gasteiger partial charge in [-0.1, -0.05) is 28.1 Å². The lowest BCUT2D eigenvalue weighted by atomic mass is 10.1. The van der Waals surface area contributed by atoms with E-state index in [9.17, 15) is 0 Å². The smallest absolute Gasteiger partial charge is 0.0522 e. The van der Waals surface area contributed by atoms with Crippen LogP contribution in [0, 0.1) is 0 Å². The highest BCUT2D eigenvalue weighted by Gasteiger charge is 2.14. The fourth-order valence-corrected chi connectivity index (χ4v) is 3.20. The number of thiophene rings is 1. The van der Waals surface area contributed by atoms with Gasteiger partial charge < -0.3 is 10.6 Å². The van der Waals surface area contributed by atoms with Gasteiger partial charge in [-0.25, -0.2) is 0 Å². The van der Waals surface area contributed by atoms with E-state index in [2.05, 4.69) is 63.5 Å². The Morgan fingerprint density at radius 3 is 2.74 bits per heavy atom. The lowest BCUT2D eigenvalue weighted by Gasteiger charge is -2.27. The molecule has 1 aromatic heterocycles. The van der Waals surface area contributed by atoms with Gasteiger partial charge in [0.2, 0.25) is 0 Å². The number of hydrogen-bond donors (Lipinski definition) is 1. The Morgan fingerprint density at radius 2 is 2.16 bits per heavy atom. The van der Waals surface area contributed by atoms with Gasteiger partial charge in [0.15, 0.2) is 0 Å². The van der Waals surface area contributed by atoms with E-state index in [0.29, 0.717) is 0 Å². The van der Waals surface area contributed by atoms with E-state index in [1.54, 1.807) is 11.3 Å². The van der Waals surface area contributed by atoms with Crippen LogP contribution in [0.15, 0.2) is 40.2 Å². The maximum Gasteiger partial charge on any atom is 0.0522 e. The maximum atomic E-state index is 6.09. The molecule has 1 aromatic carbocycles. The molecule has 0 bridgehead atoms. The van der Waals surface area contributed by atoms with E-state index >= 15 is 0 Å². The van der Waals surface area contributed by atoms with E-state index < -0.39 is 0 Å². The first-order valence-electron chi connectivity index (χ1n) is 6.44. The minimum Gasteiger partial charge on any atom is -0.366 e. The summed E-state index contributed by atoms with van der Waals surface area (Å²) in [6, 6.07) is 10.6. The number of nitrogens with two attached hydrogens (primary N) is 1. The number of rotatable bonds is 5. The van der Waals surface area contributed by atoms with Crippen LogP contribution in [-0.4, -0.2) is 6.54 Å². The van der Waals surface area contributed by atoms with Gasteiger partial charge in [0, 0.05) is 27.6 Å². The molecular formula is C15H19BrN2S. The Bertz CT molecular complexity index is 523. The maximum absolute atomic E-state index is 6.09. The van der Waals surface area contributed by atoms with Crippen LogP contribution < -0.4 is 10.6 Å². The molecule has 0 amide bonds. The quantitative estimate of drug-likeness (QED) is 0.865. The monoisotopic (exact) mass is 338 g/mol. The van der Waals surface area contributed by atoms with Crippen LogP contribution in [0.25, 0.3) is 0 Å². The Balaban J connectivity index is 2.33. The highest BCUT2D eigenvalue weighted by Crippen LogP contribution is 2.30. The molecule has 2 rings (SSSR count). The Hall–Kier alpha value is -0.840. The first-order chi connectivity index (χ1) is 9.11. The Morgan fingerprint density at radius 1 is 1.37 bits per heavy atom. The zero-order chi connectivity index (χ0) is 13.8. The van der Waals surface area contributed by atoms with Crippen molar-refractivity contribution < 1.29 is 0 Å². The van der Waals surface area contributed by atoms with E-state index in [1.165, 1.54) is 16.1 Å². The van der Waals surface area contributed by atoms with Gasteiger partial charge in [-0.2, -0.15) is 0 Å². The lowest BCUT2D eigenvalue weighted by molar-refractivity contribution is 0.781. The summed E-state index contributed by atoms with van der Waals surface area (Å²) in [6.07, 6.45) is 0. The topological polar surface area (TPSA) is 29.3 Å². The second-order valence-corrected chi connectivity index (χ2v) is 6.53. The van der Waals surface area contributed by atoms with Crippen LogP contribution in [0.3, 0.4) is 0 Å². The van der Waals surface area contributed by atoms with E-state index in [1.807, 2.05) is 6.92 Å². The zero-order valence-electron chi connectivity index (χ0n) is 11.3. The Kier molecular flexibility index (Phi) is 5.02. The van der Waals surface area contributed by atoms with Gasteiger partial charge in [-0.3, -0.25) is 0 Å². The van der Waals surface area contributed by atoms with Crippen molar-refractivity contribution in [2.24, 2.45) is 5.73 Å². The molecule has 0 spiro atoms. The SMILES string of the molecule is CCN(Cc1cccs1)c1cc(Br)ccc1C(C)N. The predicted molar refractivity (Wildman–Crippen MR) is 87.8 cm³/mol. The molecule has 2 nitrogen and oxygen atoms in total. The second kappa shape index (κ2) is 6.55. The average molecular weight is 339 g/mol. The van der Waals surface area contributed by atoms with Crippen LogP contribution in [0.2, 0.25) is 0 Å². The third-order valence-electron chi connectivity index (χ3n) is 3.13. The van der Waals surface area contributed by atoms with E-state index in [0.717, 1.165) is 17.6 Å². The van der Waals surface area contributed by atoms with Crippen molar-refractivity contribution in [1.29, 1.82) is 0 Å². The summed E-state index contributed by atoms with van der Waals surface area (Å²) in [6.45, 7) is 6.11. The number of halogens is 1.